The van der Waals surface area contributed by atoms with Crippen LogP contribution in [0.5, 0.6) is 0 Å². The summed E-state index contributed by atoms with van der Waals surface area (Å²) in [6.07, 6.45) is -6.11. The lowest BCUT2D eigenvalue weighted by Gasteiger charge is -2.13. The average Bonchev–Trinajstić information content (AvgIpc) is 2.64. The van der Waals surface area contributed by atoms with Crippen LogP contribution < -0.4 is 0 Å². The fraction of sp³-hybridized carbons (Fsp3) is 0.417. The lowest BCUT2D eigenvalue weighted by Crippen LogP contribution is -2.32. The van der Waals surface area contributed by atoms with E-state index in [1.54, 1.807) is 30.3 Å². The fourth-order valence-electron chi connectivity index (χ4n) is 1.66. The van der Waals surface area contributed by atoms with Gasteiger partial charge in [0, 0.05) is 0 Å². The molecule has 1 aliphatic heterocycles. The molecule has 18 heavy (non-hydrogen) atoms. The van der Waals surface area contributed by atoms with Crippen LogP contribution in [0.25, 0.3) is 0 Å². The molecule has 0 spiro atoms. The van der Waals surface area contributed by atoms with Gasteiger partial charge >= 0.3 is 5.97 Å². The first-order valence-corrected chi connectivity index (χ1v) is 5.47. The quantitative estimate of drug-likeness (QED) is 0.759. The van der Waals surface area contributed by atoms with Gasteiger partial charge in [0.25, 0.3) is 0 Å². The van der Waals surface area contributed by atoms with E-state index < -0.39 is 30.6 Å². The van der Waals surface area contributed by atoms with E-state index in [0.29, 0.717) is 5.56 Å². The minimum Gasteiger partial charge on any atom is -0.459 e. The van der Waals surface area contributed by atoms with Gasteiger partial charge in [-0.1, -0.05) is 18.2 Å². The summed E-state index contributed by atoms with van der Waals surface area (Å²) in [7, 11) is 0. The Labute approximate surface area is 103 Å². The number of carbonyl (C=O) groups is 1. The number of aliphatic hydroxyl groups is 2. The molecule has 0 saturated carbocycles. The Hall–Kier alpha value is -1.50. The zero-order valence-corrected chi connectivity index (χ0v) is 9.40. The summed E-state index contributed by atoms with van der Waals surface area (Å²) < 4.78 is 22.6. The largest absolute Gasteiger partial charge is 0.459 e. The Morgan fingerprint density at radius 2 is 2.00 bits per heavy atom. The highest BCUT2D eigenvalue weighted by atomic mass is 19.1. The number of alkyl halides is 1. The first-order valence-electron chi connectivity index (χ1n) is 5.47. The van der Waals surface area contributed by atoms with Crippen molar-refractivity contribution in [2.24, 2.45) is 0 Å². The van der Waals surface area contributed by atoms with E-state index >= 15 is 0 Å². The molecular formula is C12H13FO5. The van der Waals surface area contributed by atoms with E-state index in [9.17, 15) is 14.3 Å². The normalized spacial score (nSPS) is 31.3. The van der Waals surface area contributed by atoms with Gasteiger partial charge in [0.1, 0.15) is 18.8 Å². The monoisotopic (exact) mass is 256 g/mol. The molecule has 2 N–H and O–H groups in total. The third-order valence-electron chi connectivity index (χ3n) is 2.68. The number of aliphatic hydroxyl groups excluding tert-OH is 2. The Morgan fingerprint density at radius 3 is 2.56 bits per heavy atom. The predicted octanol–water partition coefficient (Wildman–Crippen LogP) is 0.260. The van der Waals surface area contributed by atoms with Crippen LogP contribution in [0, 0.1) is 0 Å². The van der Waals surface area contributed by atoms with E-state index in [2.05, 4.69) is 0 Å². The third kappa shape index (κ3) is 2.66. The van der Waals surface area contributed by atoms with Crippen LogP contribution in [-0.2, 0) is 9.47 Å². The number of benzene rings is 1. The van der Waals surface area contributed by atoms with Crippen molar-refractivity contribution < 1.29 is 28.9 Å². The number of carbonyl (C=O) groups excluding carboxylic acids is 1. The summed E-state index contributed by atoms with van der Waals surface area (Å²) in [6, 6.07) is 8.25. The zero-order chi connectivity index (χ0) is 13.1. The molecular weight excluding hydrogens is 243 g/mol. The molecule has 1 fully saturated rings. The topological polar surface area (TPSA) is 76.0 Å². The highest BCUT2D eigenvalue weighted by Gasteiger charge is 2.43. The second-order valence-corrected chi connectivity index (χ2v) is 3.96. The minimum atomic E-state index is -1.88. The Kier molecular flexibility index (Phi) is 3.90. The number of halogens is 1. The molecule has 1 heterocycles. The van der Waals surface area contributed by atoms with Gasteiger partial charge < -0.3 is 19.7 Å². The van der Waals surface area contributed by atoms with Gasteiger partial charge in [0.05, 0.1) is 5.56 Å². The first kappa shape index (κ1) is 12.9. The van der Waals surface area contributed by atoms with Crippen LogP contribution in [0.15, 0.2) is 30.3 Å². The summed E-state index contributed by atoms with van der Waals surface area (Å²) >= 11 is 0. The zero-order valence-electron chi connectivity index (χ0n) is 9.40. The average molecular weight is 256 g/mol. The van der Waals surface area contributed by atoms with Gasteiger partial charge in [-0.05, 0) is 12.1 Å². The number of esters is 1. The molecule has 0 amide bonds. The summed E-state index contributed by atoms with van der Waals surface area (Å²) in [5.41, 5.74) is 0.349. The summed E-state index contributed by atoms with van der Waals surface area (Å²) in [5.74, 6) is -0.594. The van der Waals surface area contributed by atoms with Crippen LogP contribution in [0.1, 0.15) is 10.4 Å². The Bertz CT molecular complexity index is 410. The van der Waals surface area contributed by atoms with Gasteiger partial charge in [0.15, 0.2) is 12.5 Å². The van der Waals surface area contributed by atoms with Crippen LogP contribution in [-0.4, -0.2) is 47.5 Å². The van der Waals surface area contributed by atoms with E-state index in [1.807, 2.05) is 0 Å². The van der Waals surface area contributed by atoms with Gasteiger partial charge in [0.2, 0.25) is 0 Å². The van der Waals surface area contributed by atoms with E-state index in [-0.39, 0.29) is 6.61 Å². The molecule has 1 aromatic carbocycles. The fourth-order valence-corrected chi connectivity index (χ4v) is 1.66. The molecule has 2 rings (SSSR count). The van der Waals surface area contributed by atoms with Crippen molar-refractivity contribution in [2.45, 2.75) is 24.7 Å². The molecule has 5 nitrogen and oxygen atoms in total. The van der Waals surface area contributed by atoms with Crippen molar-refractivity contribution in [3.8, 4) is 0 Å². The lowest BCUT2D eigenvalue weighted by molar-refractivity contribution is -0.122. The highest BCUT2D eigenvalue weighted by molar-refractivity contribution is 5.89. The van der Waals surface area contributed by atoms with E-state index in [4.69, 9.17) is 14.6 Å². The predicted molar refractivity (Wildman–Crippen MR) is 58.5 cm³/mol. The molecule has 0 unspecified atom stereocenters. The maximum atomic E-state index is 13.0. The van der Waals surface area contributed by atoms with Crippen molar-refractivity contribution in [1.29, 1.82) is 0 Å². The highest BCUT2D eigenvalue weighted by Crippen LogP contribution is 2.22. The standard InChI is InChI=1S/C12H13FO5/c13-9-10(14)8(18-12(9)16)6-17-11(15)7-4-2-1-3-5-7/h1-5,8-10,12,14,16H,6H2/t8-,9+,10-,12-/m1/s1. The summed E-state index contributed by atoms with van der Waals surface area (Å²) in [6.45, 7) is -0.313. The second-order valence-electron chi connectivity index (χ2n) is 3.96. The SMILES string of the molecule is O=C(OC[C@H]1O[C@@H](O)[C@@H](F)[C@@H]1O)c1ccccc1. The molecule has 1 saturated heterocycles. The molecule has 0 aromatic heterocycles. The van der Waals surface area contributed by atoms with Gasteiger partial charge in [-0.2, -0.15) is 0 Å². The Balaban J connectivity index is 1.88. The first-order chi connectivity index (χ1) is 8.59. The van der Waals surface area contributed by atoms with Crippen LogP contribution in [0.4, 0.5) is 4.39 Å². The molecule has 4 atom stereocenters. The number of rotatable bonds is 3. The molecule has 6 heteroatoms. The van der Waals surface area contributed by atoms with Gasteiger partial charge in [-0.3, -0.25) is 0 Å². The number of ether oxygens (including phenoxy) is 2. The molecule has 0 aliphatic carbocycles. The van der Waals surface area contributed by atoms with Gasteiger partial charge in [-0.15, -0.1) is 0 Å². The van der Waals surface area contributed by atoms with Crippen molar-refractivity contribution in [3.05, 3.63) is 35.9 Å². The van der Waals surface area contributed by atoms with Crippen molar-refractivity contribution in [2.75, 3.05) is 6.61 Å². The van der Waals surface area contributed by atoms with Crippen LogP contribution in [0.3, 0.4) is 0 Å². The maximum absolute atomic E-state index is 13.0. The smallest absolute Gasteiger partial charge is 0.338 e. The lowest BCUT2D eigenvalue weighted by atomic mass is 10.2. The number of hydrogen-bond acceptors (Lipinski definition) is 5. The summed E-state index contributed by atoms with van der Waals surface area (Å²) in [4.78, 5) is 11.6. The van der Waals surface area contributed by atoms with Crippen molar-refractivity contribution in [3.63, 3.8) is 0 Å². The molecule has 0 bridgehead atoms. The van der Waals surface area contributed by atoms with Crippen LogP contribution >= 0.6 is 0 Å². The van der Waals surface area contributed by atoms with Crippen molar-refractivity contribution in [1.82, 2.24) is 0 Å². The second kappa shape index (κ2) is 5.43. The van der Waals surface area contributed by atoms with E-state index in [0.717, 1.165) is 0 Å². The third-order valence-corrected chi connectivity index (χ3v) is 2.68. The molecule has 0 radical (unpaired) electrons. The Morgan fingerprint density at radius 1 is 1.33 bits per heavy atom. The van der Waals surface area contributed by atoms with Crippen molar-refractivity contribution >= 4 is 5.97 Å². The molecule has 1 aliphatic rings. The van der Waals surface area contributed by atoms with Gasteiger partial charge in [-0.25, -0.2) is 9.18 Å². The summed E-state index contributed by atoms with van der Waals surface area (Å²) in [5, 5.41) is 18.4. The number of hydrogen-bond donors (Lipinski definition) is 2. The van der Waals surface area contributed by atoms with Crippen LogP contribution in [0.2, 0.25) is 0 Å². The maximum Gasteiger partial charge on any atom is 0.338 e. The van der Waals surface area contributed by atoms with E-state index in [1.165, 1.54) is 0 Å². The molecule has 98 valence electrons. The minimum absolute atomic E-state index is 0.313. The molecule has 1 aromatic rings.